The Morgan fingerprint density at radius 1 is 0.912 bits per heavy atom. The molecule has 0 heterocycles. The Bertz CT molecular complexity index is 1120. The molecule has 0 aliphatic heterocycles. The number of carbonyl (C=O) groups is 2. The summed E-state index contributed by atoms with van der Waals surface area (Å²) in [6.45, 7) is 6.16. The van der Waals surface area contributed by atoms with E-state index in [4.69, 9.17) is 23.2 Å². The maximum Gasteiger partial charge on any atom is 0.243 e. The van der Waals surface area contributed by atoms with E-state index in [0.29, 0.717) is 28.6 Å². The van der Waals surface area contributed by atoms with Gasteiger partial charge in [-0.3, -0.25) is 9.59 Å². The first-order valence-corrected chi connectivity index (χ1v) is 12.1. The number of amides is 2. The number of benzene rings is 3. The van der Waals surface area contributed by atoms with Gasteiger partial charge in [-0.15, -0.1) is 0 Å². The SMILES string of the molecule is Cc1ccc(CN(C(=O)Cc2ccc(Cl)cc2Cl)[C@@H](Cc2ccccc2)C(=O)NC(C)C)cc1. The predicted molar refractivity (Wildman–Crippen MR) is 139 cm³/mol. The highest BCUT2D eigenvalue weighted by atomic mass is 35.5. The van der Waals surface area contributed by atoms with E-state index in [1.807, 2.05) is 75.4 Å². The Morgan fingerprint density at radius 3 is 2.21 bits per heavy atom. The number of halogens is 2. The van der Waals surface area contributed by atoms with Crippen molar-refractivity contribution >= 4 is 35.0 Å². The molecule has 3 rings (SSSR count). The van der Waals surface area contributed by atoms with Crippen LogP contribution in [0, 0.1) is 6.92 Å². The minimum Gasteiger partial charge on any atom is -0.352 e. The normalized spacial score (nSPS) is 11.8. The van der Waals surface area contributed by atoms with Gasteiger partial charge in [-0.2, -0.15) is 0 Å². The lowest BCUT2D eigenvalue weighted by Crippen LogP contribution is -2.52. The smallest absolute Gasteiger partial charge is 0.243 e. The summed E-state index contributed by atoms with van der Waals surface area (Å²) in [5.74, 6) is -0.355. The lowest BCUT2D eigenvalue weighted by atomic mass is 10.0. The number of hydrogen-bond acceptors (Lipinski definition) is 2. The van der Waals surface area contributed by atoms with E-state index in [1.165, 1.54) is 0 Å². The first-order valence-electron chi connectivity index (χ1n) is 11.4. The summed E-state index contributed by atoms with van der Waals surface area (Å²) in [6, 6.07) is 22.1. The Kier molecular flexibility index (Phi) is 9.14. The summed E-state index contributed by atoms with van der Waals surface area (Å²) in [4.78, 5) is 28.7. The molecule has 1 N–H and O–H groups in total. The van der Waals surface area contributed by atoms with Gasteiger partial charge in [0.05, 0.1) is 6.42 Å². The van der Waals surface area contributed by atoms with E-state index in [1.54, 1.807) is 23.1 Å². The molecule has 0 fully saturated rings. The molecule has 0 aliphatic carbocycles. The molecule has 178 valence electrons. The first-order chi connectivity index (χ1) is 16.2. The van der Waals surface area contributed by atoms with E-state index in [2.05, 4.69) is 5.32 Å². The van der Waals surface area contributed by atoms with Crippen LogP contribution in [-0.2, 0) is 29.0 Å². The van der Waals surface area contributed by atoms with E-state index < -0.39 is 6.04 Å². The number of hydrogen-bond donors (Lipinski definition) is 1. The molecule has 0 unspecified atom stereocenters. The van der Waals surface area contributed by atoms with E-state index in [9.17, 15) is 9.59 Å². The van der Waals surface area contributed by atoms with Crippen LogP contribution in [0.3, 0.4) is 0 Å². The molecule has 1 atom stereocenters. The van der Waals surface area contributed by atoms with Crippen LogP contribution in [0.1, 0.15) is 36.1 Å². The van der Waals surface area contributed by atoms with Crippen molar-refractivity contribution in [2.75, 3.05) is 0 Å². The topological polar surface area (TPSA) is 49.4 Å². The third-order valence-electron chi connectivity index (χ3n) is 5.53. The molecule has 6 heteroatoms. The highest BCUT2D eigenvalue weighted by Gasteiger charge is 2.31. The summed E-state index contributed by atoms with van der Waals surface area (Å²) in [7, 11) is 0. The van der Waals surface area contributed by atoms with E-state index >= 15 is 0 Å². The third-order valence-corrected chi connectivity index (χ3v) is 6.12. The Morgan fingerprint density at radius 2 is 1.59 bits per heavy atom. The molecule has 34 heavy (non-hydrogen) atoms. The van der Waals surface area contributed by atoms with Gasteiger partial charge >= 0.3 is 0 Å². The lowest BCUT2D eigenvalue weighted by Gasteiger charge is -2.32. The average molecular weight is 497 g/mol. The Labute approximate surface area is 211 Å². The van der Waals surface area contributed by atoms with Crippen LogP contribution in [0.4, 0.5) is 0 Å². The van der Waals surface area contributed by atoms with Gasteiger partial charge in [0.2, 0.25) is 11.8 Å². The molecule has 0 bridgehead atoms. The quantitative estimate of drug-likeness (QED) is 0.394. The molecule has 0 saturated carbocycles. The second-order valence-corrected chi connectivity index (χ2v) is 9.63. The highest BCUT2D eigenvalue weighted by Crippen LogP contribution is 2.23. The average Bonchev–Trinajstić information content (AvgIpc) is 2.79. The maximum absolute atomic E-state index is 13.7. The molecule has 0 aliphatic rings. The van der Waals surface area contributed by atoms with Crippen molar-refractivity contribution in [3.8, 4) is 0 Å². The number of aryl methyl sites for hydroxylation is 1. The maximum atomic E-state index is 13.7. The van der Waals surface area contributed by atoms with Crippen molar-refractivity contribution in [1.82, 2.24) is 10.2 Å². The number of rotatable bonds is 9. The van der Waals surface area contributed by atoms with Crippen LogP contribution < -0.4 is 5.32 Å². The monoisotopic (exact) mass is 496 g/mol. The molecule has 2 amide bonds. The molecule has 0 aromatic heterocycles. The standard InChI is InChI=1S/C28H30Cl2N2O2/c1-19(2)31-28(34)26(15-21-7-5-4-6-8-21)32(18-22-11-9-20(3)10-12-22)27(33)16-23-13-14-24(29)17-25(23)30/h4-14,17,19,26H,15-16,18H2,1-3H3,(H,31,34)/t26-/m0/s1. The molecule has 3 aromatic carbocycles. The molecule has 3 aromatic rings. The first kappa shape index (κ1) is 25.8. The van der Waals surface area contributed by atoms with Crippen LogP contribution in [0.25, 0.3) is 0 Å². The fourth-order valence-corrected chi connectivity index (χ4v) is 4.23. The zero-order valence-electron chi connectivity index (χ0n) is 19.7. The van der Waals surface area contributed by atoms with Gasteiger partial charge in [-0.05, 0) is 49.6 Å². The zero-order chi connectivity index (χ0) is 24.7. The molecular formula is C28H30Cl2N2O2. The van der Waals surface area contributed by atoms with Gasteiger partial charge in [0.1, 0.15) is 6.04 Å². The van der Waals surface area contributed by atoms with E-state index in [0.717, 1.165) is 16.7 Å². The molecule has 0 spiro atoms. The third kappa shape index (κ3) is 7.34. The van der Waals surface area contributed by atoms with Gasteiger partial charge in [-0.1, -0.05) is 89.4 Å². The second kappa shape index (κ2) is 12.0. The minimum atomic E-state index is -0.676. The van der Waals surface area contributed by atoms with Crippen LogP contribution >= 0.6 is 23.2 Å². The molecular weight excluding hydrogens is 467 g/mol. The van der Waals surface area contributed by atoms with Crippen LogP contribution in [0.5, 0.6) is 0 Å². The van der Waals surface area contributed by atoms with Crippen LogP contribution in [0.2, 0.25) is 10.0 Å². The number of nitrogens with zero attached hydrogens (tertiary/aromatic N) is 1. The second-order valence-electron chi connectivity index (χ2n) is 8.79. The molecule has 0 radical (unpaired) electrons. The number of nitrogens with one attached hydrogen (secondary N) is 1. The van der Waals surface area contributed by atoms with Gasteiger partial charge in [0.15, 0.2) is 0 Å². The van der Waals surface area contributed by atoms with Gasteiger partial charge in [0.25, 0.3) is 0 Å². The summed E-state index contributed by atoms with van der Waals surface area (Å²) >= 11 is 12.4. The van der Waals surface area contributed by atoms with Crippen molar-refractivity contribution in [2.24, 2.45) is 0 Å². The van der Waals surface area contributed by atoms with Crippen molar-refractivity contribution in [1.29, 1.82) is 0 Å². The minimum absolute atomic E-state index is 0.0483. The van der Waals surface area contributed by atoms with Crippen molar-refractivity contribution in [3.05, 3.63) is 105 Å². The highest BCUT2D eigenvalue weighted by molar-refractivity contribution is 6.35. The summed E-state index contributed by atoms with van der Waals surface area (Å²) in [5.41, 5.74) is 3.75. The zero-order valence-corrected chi connectivity index (χ0v) is 21.2. The Hall–Kier alpha value is -2.82. The van der Waals surface area contributed by atoms with Crippen molar-refractivity contribution < 1.29 is 9.59 Å². The van der Waals surface area contributed by atoms with Crippen LogP contribution in [0.15, 0.2) is 72.8 Å². The largest absolute Gasteiger partial charge is 0.352 e. The lowest BCUT2D eigenvalue weighted by molar-refractivity contribution is -0.141. The summed E-state index contributed by atoms with van der Waals surface area (Å²) < 4.78 is 0. The summed E-state index contributed by atoms with van der Waals surface area (Å²) in [5, 5.41) is 3.94. The number of carbonyl (C=O) groups excluding carboxylic acids is 2. The fourth-order valence-electron chi connectivity index (χ4n) is 3.75. The summed E-state index contributed by atoms with van der Waals surface area (Å²) in [6.07, 6.45) is 0.480. The van der Waals surface area contributed by atoms with Crippen molar-refractivity contribution in [2.45, 2.75) is 52.2 Å². The molecule has 0 saturated heterocycles. The van der Waals surface area contributed by atoms with Gasteiger partial charge in [0, 0.05) is 29.1 Å². The van der Waals surface area contributed by atoms with Crippen LogP contribution in [-0.4, -0.2) is 28.8 Å². The van der Waals surface area contributed by atoms with Gasteiger partial charge < -0.3 is 10.2 Å². The van der Waals surface area contributed by atoms with E-state index in [-0.39, 0.29) is 24.3 Å². The fraction of sp³-hybridized carbons (Fsp3) is 0.286. The molecule has 4 nitrogen and oxygen atoms in total. The Balaban J connectivity index is 1.98. The van der Waals surface area contributed by atoms with Gasteiger partial charge in [-0.25, -0.2) is 0 Å². The predicted octanol–water partition coefficient (Wildman–Crippen LogP) is 6.01. The van der Waals surface area contributed by atoms with Crippen molar-refractivity contribution in [3.63, 3.8) is 0 Å².